The van der Waals surface area contributed by atoms with Gasteiger partial charge in [0.2, 0.25) is 5.91 Å². The molecule has 2 amide bonds. The van der Waals surface area contributed by atoms with Crippen LogP contribution < -0.4 is 15.8 Å². The van der Waals surface area contributed by atoms with Gasteiger partial charge in [-0.3, -0.25) is 14.9 Å². The van der Waals surface area contributed by atoms with E-state index in [1.807, 2.05) is 30.3 Å². The van der Waals surface area contributed by atoms with Gasteiger partial charge in [-0.15, -0.1) is 11.3 Å². The van der Waals surface area contributed by atoms with E-state index in [-0.39, 0.29) is 38.0 Å². The molecule has 224 valence electrons. The van der Waals surface area contributed by atoms with Gasteiger partial charge in [0.1, 0.15) is 22.8 Å². The van der Waals surface area contributed by atoms with Crippen molar-refractivity contribution in [3.8, 4) is 27.3 Å². The van der Waals surface area contributed by atoms with Crippen LogP contribution >= 0.6 is 34.5 Å². The number of primary amides is 1. The Morgan fingerprint density at radius 2 is 1.70 bits per heavy atom. The lowest BCUT2D eigenvalue weighted by molar-refractivity contribution is -0.126. The van der Waals surface area contributed by atoms with E-state index in [1.54, 1.807) is 35.2 Å². The number of rotatable bonds is 10. The number of halogens is 3. The number of nitrogens with zero attached hydrogens (tertiary/aromatic N) is 1. The molecule has 1 fully saturated rings. The predicted molar refractivity (Wildman–Crippen MR) is 168 cm³/mol. The predicted octanol–water partition coefficient (Wildman–Crippen LogP) is 6.15. The van der Waals surface area contributed by atoms with E-state index in [1.165, 1.54) is 23.5 Å². The molecule has 0 unspecified atom stereocenters. The Bertz CT molecular complexity index is 1600. The summed E-state index contributed by atoms with van der Waals surface area (Å²) in [6.45, 7) is 0.612. The number of nitrogens with two attached hydrogens (primary N) is 1. The molecule has 1 aliphatic heterocycles. The van der Waals surface area contributed by atoms with Gasteiger partial charge in [0.25, 0.3) is 5.91 Å². The highest BCUT2D eigenvalue weighted by Crippen LogP contribution is 2.50. The first kappa shape index (κ1) is 31.0. The molecule has 4 N–H and O–H groups in total. The van der Waals surface area contributed by atoms with Crippen molar-refractivity contribution in [2.24, 2.45) is 5.73 Å². The summed E-state index contributed by atoms with van der Waals surface area (Å²) in [6, 6.07) is 20.6. The van der Waals surface area contributed by atoms with Gasteiger partial charge in [0.05, 0.1) is 6.61 Å². The smallest absolute Gasteiger partial charge is 0.267 e. The van der Waals surface area contributed by atoms with Crippen LogP contribution in [0.5, 0.6) is 5.75 Å². The van der Waals surface area contributed by atoms with Crippen molar-refractivity contribution in [3.05, 3.63) is 99.1 Å². The Kier molecular flexibility index (Phi) is 9.68. The van der Waals surface area contributed by atoms with E-state index in [0.717, 1.165) is 21.6 Å². The molecule has 0 atom stereocenters. The molecular weight excluding hydrogens is 612 g/mol. The van der Waals surface area contributed by atoms with E-state index in [4.69, 9.17) is 33.7 Å². The first-order valence-corrected chi connectivity index (χ1v) is 15.3. The van der Waals surface area contributed by atoms with Crippen LogP contribution in [0.1, 0.15) is 28.1 Å². The second-order valence-corrected chi connectivity index (χ2v) is 12.1. The molecule has 5 rings (SSSR count). The second kappa shape index (κ2) is 13.4. The van der Waals surface area contributed by atoms with Crippen LogP contribution in [0.15, 0.2) is 72.8 Å². The summed E-state index contributed by atoms with van der Waals surface area (Å²) in [5.41, 5.74) is 7.84. The lowest BCUT2D eigenvalue weighted by Crippen LogP contribution is -2.61. The molecule has 11 heteroatoms. The molecule has 1 aliphatic rings. The maximum Gasteiger partial charge on any atom is 0.267 e. The van der Waals surface area contributed by atoms with E-state index in [9.17, 15) is 19.1 Å². The lowest BCUT2D eigenvalue weighted by atomic mass is 9.86. The zero-order valence-corrected chi connectivity index (χ0v) is 25.4. The van der Waals surface area contributed by atoms with Gasteiger partial charge in [-0.1, -0.05) is 65.7 Å². The number of piperidine rings is 1. The molecule has 0 aliphatic carbocycles. The number of benzene rings is 3. The molecule has 2 heterocycles. The maximum absolute atomic E-state index is 14.1. The van der Waals surface area contributed by atoms with Gasteiger partial charge in [0.15, 0.2) is 5.75 Å². The topological polar surface area (TPSA) is 105 Å². The van der Waals surface area contributed by atoms with Crippen LogP contribution in [0.25, 0.3) is 21.6 Å². The molecule has 0 saturated carbocycles. The fourth-order valence-corrected chi connectivity index (χ4v) is 6.86. The van der Waals surface area contributed by atoms with Gasteiger partial charge < -0.3 is 20.5 Å². The maximum atomic E-state index is 14.1. The Labute approximate surface area is 263 Å². The Morgan fingerprint density at radius 1 is 1.02 bits per heavy atom. The summed E-state index contributed by atoms with van der Waals surface area (Å²) in [7, 11) is 0. The van der Waals surface area contributed by atoms with Crippen LogP contribution in [0.4, 0.5) is 4.39 Å². The summed E-state index contributed by atoms with van der Waals surface area (Å²) >= 11 is 14.1. The number of aliphatic hydroxyl groups excluding tert-OH is 1. The van der Waals surface area contributed by atoms with Crippen molar-refractivity contribution in [2.75, 3.05) is 26.3 Å². The fraction of sp³-hybridized carbons (Fsp3) is 0.250. The Balaban J connectivity index is 1.47. The average molecular weight is 643 g/mol. The monoisotopic (exact) mass is 641 g/mol. The SMILES string of the molecule is NC(=O)C1(NCc2ccc(F)cc2)CCN(C(=O)c2sc(-c3ccccc3Cl)c(-c3ccc(Cl)cc3)c2OCCO)CC1. The first-order chi connectivity index (χ1) is 20.7. The van der Waals surface area contributed by atoms with Gasteiger partial charge >= 0.3 is 0 Å². The number of hydrogen-bond donors (Lipinski definition) is 3. The average Bonchev–Trinajstić information content (AvgIpc) is 3.39. The summed E-state index contributed by atoms with van der Waals surface area (Å²) in [5.74, 6) is -0.755. The third-order valence-electron chi connectivity index (χ3n) is 7.57. The summed E-state index contributed by atoms with van der Waals surface area (Å²) in [5, 5.41) is 13.9. The Morgan fingerprint density at radius 3 is 2.33 bits per heavy atom. The molecule has 4 aromatic rings. The van der Waals surface area contributed by atoms with Crippen molar-refractivity contribution >= 4 is 46.4 Å². The number of amides is 2. The summed E-state index contributed by atoms with van der Waals surface area (Å²) in [4.78, 5) is 29.5. The highest BCUT2D eigenvalue weighted by Gasteiger charge is 2.41. The van der Waals surface area contributed by atoms with Crippen LogP contribution in [0, 0.1) is 5.82 Å². The lowest BCUT2D eigenvalue weighted by Gasteiger charge is -2.40. The molecule has 3 aromatic carbocycles. The van der Waals surface area contributed by atoms with Crippen LogP contribution in [-0.2, 0) is 11.3 Å². The van der Waals surface area contributed by atoms with E-state index in [0.29, 0.717) is 45.6 Å². The first-order valence-electron chi connectivity index (χ1n) is 13.7. The molecule has 0 radical (unpaired) electrons. The number of carbonyl (C=O) groups excluding carboxylic acids is 2. The molecule has 1 saturated heterocycles. The van der Waals surface area contributed by atoms with Crippen LogP contribution in [-0.4, -0.2) is 53.7 Å². The number of carbonyl (C=O) groups is 2. The quantitative estimate of drug-likeness (QED) is 0.193. The van der Waals surface area contributed by atoms with Gasteiger partial charge in [0, 0.05) is 45.7 Å². The second-order valence-electron chi connectivity index (χ2n) is 10.2. The number of nitrogens with one attached hydrogen (secondary N) is 1. The summed E-state index contributed by atoms with van der Waals surface area (Å²) < 4.78 is 19.4. The number of thiophene rings is 1. The molecule has 0 bridgehead atoms. The Hall–Kier alpha value is -3.47. The normalized spacial score (nSPS) is 14.5. The minimum Gasteiger partial charge on any atom is -0.489 e. The largest absolute Gasteiger partial charge is 0.489 e. The van der Waals surface area contributed by atoms with Crippen molar-refractivity contribution in [2.45, 2.75) is 24.9 Å². The summed E-state index contributed by atoms with van der Waals surface area (Å²) in [6.07, 6.45) is 0.601. The standard InChI is InChI=1S/C32H30Cl2FN3O4S/c33-22-9-7-21(8-10-22)26-27(42-18-17-39)29(43-28(26)24-3-1-2-4-25(24)34)30(40)38-15-13-32(14-16-38,31(36)41)37-19-20-5-11-23(35)12-6-20/h1-12,37,39H,13-19H2,(H2,36,41). The number of hydrogen-bond acceptors (Lipinski definition) is 6. The zero-order valence-electron chi connectivity index (χ0n) is 23.1. The van der Waals surface area contributed by atoms with Crippen LogP contribution in [0.2, 0.25) is 10.0 Å². The van der Waals surface area contributed by atoms with Crippen molar-refractivity contribution in [3.63, 3.8) is 0 Å². The highest BCUT2D eigenvalue weighted by atomic mass is 35.5. The van der Waals surface area contributed by atoms with E-state index in [2.05, 4.69) is 5.32 Å². The number of ether oxygens (including phenoxy) is 1. The molecule has 0 spiro atoms. The fourth-order valence-electron chi connectivity index (χ4n) is 5.17. The minimum atomic E-state index is -1.02. The zero-order chi connectivity index (χ0) is 30.6. The van der Waals surface area contributed by atoms with Gasteiger partial charge in [-0.25, -0.2) is 4.39 Å². The number of likely N-dealkylation sites (tertiary alicyclic amines) is 1. The van der Waals surface area contributed by atoms with Crippen molar-refractivity contribution in [1.82, 2.24) is 10.2 Å². The number of aliphatic hydroxyl groups is 1. The minimum absolute atomic E-state index is 0.0162. The third-order valence-corrected chi connectivity index (χ3v) is 9.34. The van der Waals surface area contributed by atoms with E-state index < -0.39 is 11.4 Å². The van der Waals surface area contributed by atoms with E-state index >= 15 is 0 Å². The highest BCUT2D eigenvalue weighted by molar-refractivity contribution is 7.18. The van der Waals surface area contributed by atoms with Gasteiger partial charge in [-0.2, -0.15) is 0 Å². The van der Waals surface area contributed by atoms with Crippen LogP contribution in [0.3, 0.4) is 0 Å². The molecular formula is C32H30Cl2FN3O4S. The third kappa shape index (κ3) is 6.71. The molecule has 1 aromatic heterocycles. The van der Waals surface area contributed by atoms with Gasteiger partial charge in [-0.05, 0) is 54.3 Å². The molecule has 7 nitrogen and oxygen atoms in total. The van der Waals surface area contributed by atoms with Crippen molar-refractivity contribution in [1.29, 1.82) is 0 Å². The molecule has 43 heavy (non-hydrogen) atoms. The van der Waals surface area contributed by atoms with Crippen molar-refractivity contribution < 1.29 is 23.8 Å².